The summed E-state index contributed by atoms with van der Waals surface area (Å²) >= 11 is 0. The molecule has 1 aliphatic rings. The lowest BCUT2D eigenvalue weighted by atomic mass is 9.80. The number of benzene rings is 2. The van der Waals surface area contributed by atoms with Gasteiger partial charge in [0.15, 0.2) is 15.6 Å². The summed E-state index contributed by atoms with van der Waals surface area (Å²) < 4.78 is 34.9. The Labute approximate surface area is 230 Å². The molecule has 3 rings (SSSR count). The molecule has 9 nitrogen and oxygen atoms in total. The van der Waals surface area contributed by atoms with Gasteiger partial charge >= 0.3 is 6.09 Å². The highest BCUT2D eigenvalue weighted by atomic mass is 32.2. The first-order valence-corrected chi connectivity index (χ1v) is 14.7. The van der Waals surface area contributed by atoms with E-state index in [1.807, 2.05) is 24.3 Å². The topological polar surface area (TPSA) is 142 Å². The molecular weight excluding hydrogens is 520 g/mol. The van der Waals surface area contributed by atoms with Crippen molar-refractivity contribution < 1.29 is 32.3 Å². The molecule has 0 saturated carbocycles. The largest absolute Gasteiger partial charge is 0.444 e. The van der Waals surface area contributed by atoms with Crippen molar-refractivity contribution in [1.82, 2.24) is 5.32 Å². The van der Waals surface area contributed by atoms with E-state index < -0.39 is 38.9 Å². The summed E-state index contributed by atoms with van der Waals surface area (Å²) in [4.78, 5) is 38.7. The molecule has 0 unspecified atom stereocenters. The highest BCUT2D eigenvalue weighted by molar-refractivity contribution is 7.91. The van der Waals surface area contributed by atoms with Crippen molar-refractivity contribution in [1.29, 1.82) is 0 Å². The fraction of sp³-hybridized carbons (Fsp3) is 0.483. The number of ether oxygens (including phenoxy) is 2. The zero-order valence-electron chi connectivity index (χ0n) is 23.0. The molecule has 0 radical (unpaired) electrons. The summed E-state index contributed by atoms with van der Waals surface area (Å²) in [5.74, 6) is -1.60. The Morgan fingerprint density at radius 2 is 1.54 bits per heavy atom. The molecule has 0 aromatic heterocycles. The van der Waals surface area contributed by atoms with Crippen LogP contribution in [0.2, 0.25) is 0 Å². The average Bonchev–Trinajstić information content (AvgIpc) is 2.88. The van der Waals surface area contributed by atoms with Gasteiger partial charge in [0.25, 0.3) is 0 Å². The van der Waals surface area contributed by atoms with Crippen molar-refractivity contribution in [2.24, 2.45) is 11.7 Å². The number of nitrogens with one attached hydrogen (secondary N) is 1. The third kappa shape index (κ3) is 8.12. The molecule has 2 aromatic carbocycles. The molecule has 1 saturated heterocycles. The molecule has 1 atom stereocenters. The van der Waals surface area contributed by atoms with E-state index in [4.69, 9.17) is 15.2 Å². The highest BCUT2D eigenvalue weighted by Crippen LogP contribution is 2.28. The van der Waals surface area contributed by atoms with Gasteiger partial charge in [-0.1, -0.05) is 43.3 Å². The molecule has 0 aliphatic carbocycles. The monoisotopic (exact) mass is 558 g/mol. The average molecular weight is 559 g/mol. The van der Waals surface area contributed by atoms with E-state index in [1.165, 1.54) is 0 Å². The van der Waals surface area contributed by atoms with Crippen LogP contribution in [0.4, 0.5) is 4.79 Å². The minimum atomic E-state index is -3.27. The normalized spacial score (nSPS) is 16.2. The number of nitrogens with two attached hydrogens (primary N) is 1. The Hall–Kier alpha value is -3.24. The molecule has 39 heavy (non-hydrogen) atoms. The second-order valence-corrected chi connectivity index (χ2v) is 13.2. The molecule has 1 aliphatic heterocycles. The third-order valence-electron chi connectivity index (χ3n) is 6.82. The SMILES string of the molecule is CCS(=O)(=O)c1ccc(-c2ccc(C[C@H](CC(=O)C3(NC(=O)OC(C)(C)C)CCOCC3)C(N)=O)cc2)cc1. The van der Waals surface area contributed by atoms with Crippen LogP contribution in [0, 0.1) is 5.92 Å². The molecule has 0 spiro atoms. The smallest absolute Gasteiger partial charge is 0.408 e. The van der Waals surface area contributed by atoms with Crippen LogP contribution in [-0.4, -0.2) is 56.3 Å². The number of alkyl carbamates (subject to hydrolysis) is 1. The van der Waals surface area contributed by atoms with Crippen LogP contribution in [0.15, 0.2) is 53.4 Å². The van der Waals surface area contributed by atoms with Gasteiger partial charge in [-0.15, -0.1) is 0 Å². The summed E-state index contributed by atoms with van der Waals surface area (Å²) in [6, 6.07) is 14.2. The minimum Gasteiger partial charge on any atom is -0.444 e. The molecule has 2 aromatic rings. The van der Waals surface area contributed by atoms with Gasteiger partial charge in [0.1, 0.15) is 11.1 Å². The minimum absolute atomic E-state index is 0.0382. The van der Waals surface area contributed by atoms with Gasteiger partial charge in [-0.05, 0) is 56.0 Å². The number of carbonyl (C=O) groups excluding carboxylic acids is 3. The fourth-order valence-electron chi connectivity index (χ4n) is 4.52. The van der Waals surface area contributed by atoms with E-state index in [9.17, 15) is 22.8 Å². The molecule has 212 valence electrons. The zero-order valence-corrected chi connectivity index (χ0v) is 23.8. The van der Waals surface area contributed by atoms with Crippen molar-refractivity contribution in [2.75, 3.05) is 19.0 Å². The lowest BCUT2D eigenvalue weighted by molar-refractivity contribution is -0.133. The van der Waals surface area contributed by atoms with Crippen molar-refractivity contribution in [2.45, 2.75) is 69.4 Å². The second-order valence-electron chi connectivity index (χ2n) is 10.9. The number of ketones is 1. The number of primary amides is 1. The van der Waals surface area contributed by atoms with Crippen LogP contribution in [0.1, 0.15) is 52.5 Å². The number of hydrogen-bond donors (Lipinski definition) is 2. The summed E-state index contributed by atoms with van der Waals surface area (Å²) in [5.41, 5.74) is 6.34. The number of hydrogen-bond acceptors (Lipinski definition) is 7. The Morgan fingerprint density at radius 3 is 2.03 bits per heavy atom. The van der Waals surface area contributed by atoms with Gasteiger partial charge < -0.3 is 20.5 Å². The van der Waals surface area contributed by atoms with Gasteiger partial charge in [-0.3, -0.25) is 9.59 Å². The van der Waals surface area contributed by atoms with Crippen LogP contribution in [-0.2, 0) is 35.3 Å². The molecule has 1 heterocycles. The second kappa shape index (κ2) is 12.3. The maximum atomic E-state index is 13.5. The van der Waals surface area contributed by atoms with E-state index in [2.05, 4.69) is 5.32 Å². The third-order valence-corrected chi connectivity index (χ3v) is 8.57. The Bertz CT molecular complexity index is 1270. The molecule has 10 heteroatoms. The van der Waals surface area contributed by atoms with Gasteiger partial charge in [-0.2, -0.15) is 0 Å². The molecule has 1 fully saturated rings. The van der Waals surface area contributed by atoms with E-state index in [-0.39, 0.29) is 42.1 Å². The maximum Gasteiger partial charge on any atom is 0.408 e. The van der Waals surface area contributed by atoms with Crippen molar-refractivity contribution in [3.05, 3.63) is 54.1 Å². The van der Waals surface area contributed by atoms with Crippen LogP contribution in [0.5, 0.6) is 0 Å². The van der Waals surface area contributed by atoms with Crippen molar-refractivity contribution >= 4 is 27.6 Å². The zero-order chi connectivity index (χ0) is 28.8. The molecule has 2 amide bonds. The molecule has 3 N–H and O–H groups in total. The number of amides is 2. The predicted octanol–water partition coefficient (Wildman–Crippen LogP) is 3.82. The summed E-state index contributed by atoms with van der Waals surface area (Å²) in [6.07, 6.45) is 0.00546. The van der Waals surface area contributed by atoms with Crippen LogP contribution < -0.4 is 11.1 Å². The molecule has 0 bridgehead atoms. The van der Waals surface area contributed by atoms with E-state index in [0.717, 1.165) is 16.7 Å². The Morgan fingerprint density at radius 1 is 1.00 bits per heavy atom. The molecular formula is C29H38N2O7S. The van der Waals surface area contributed by atoms with Gasteiger partial charge in [0.2, 0.25) is 5.91 Å². The number of Topliss-reactive ketones (excluding diaryl/α,β-unsaturated/α-hetero) is 1. The summed E-state index contributed by atoms with van der Waals surface area (Å²) in [7, 11) is -3.27. The van der Waals surface area contributed by atoms with E-state index in [0.29, 0.717) is 13.2 Å². The van der Waals surface area contributed by atoms with E-state index in [1.54, 1.807) is 52.0 Å². The predicted molar refractivity (Wildman–Crippen MR) is 148 cm³/mol. The highest BCUT2D eigenvalue weighted by Gasteiger charge is 2.43. The first-order valence-electron chi connectivity index (χ1n) is 13.1. The Balaban J connectivity index is 1.72. The van der Waals surface area contributed by atoms with Crippen LogP contribution in [0.3, 0.4) is 0 Å². The standard InChI is InChI=1S/C29H38N2O7S/c1-5-39(35,36)24-12-10-22(11-13-24)21-8-6-20(7-9-21)18-23(26(30)33)19-25(32)29(14-16-37-17-15-29)31-27(34)38-28(2,3)4/h6-13,23H,5,14-19H2,1-4H3,(H2,30,33)(H,31,34)/t23-/m1/s1. The van der Waals surface area contributed by atoms with E-state index >= 15 is 0 Å². The first kappa shape index (κ1) is 30.3. The number of sulfone groups is 1. The summed E-state index contributed by atoms with van der Waals surface area (Å²) in [5, 5.41) is 2.76. The van der Waals surface area contributed by atoms with Crippen LogP contribution in [0.25, 0.3) is 11.1 Å². The number of carbonyl (C=O) groups is 3. The van der Waals surface area contributed by atoms with Crippen molar-refractivity contribution in [3.63, 3.8) is 0 Å². The lowest BCUT2D eigenvalue weighted by Crippen LogP contribution is -2.58. The summed E-state index contributed by atoms with van der Waals surface area (Å²) in [6.45, 7) is 7.43. The van der Waals surface area contributed by atoms with Gasteiger partial charge in [0, 0.05) is 38.4 Å². The maximum absolute atomic E-state index is 13.5. The first-order chi connectivity index (χ1) is 18.2. The lowest BCUT2D eigenvalue weighted by Gasteiger charge is -2.37. The fourth-order valence-corrected chi connectivity index (χ4v) is 5.41. The van der Waals surface area contributed by atoms with Crippen molar-refractivity contribution in [3.8, 4) is 11.1 Å². The van der Waals surface area contributed by atoms with Crippen LogP contribution >= 0.6 is 0 Å². The number of rotatable bonds is 10. The van der Waals surface area contributed by atoms with Gasteiger partial charge in [-0.25, -0.2) is 13.2 Å². The van der Waals surface area contributed by atoms with Gasteiger partial charge in [0.05, 0.1) is 10.6 Å². The quantitative estimate of drug-likeness (QED) is 0.451. The Kier molecular flexibility index (Phi) is 9.55.